The summed E-state index contributed by atoms with van der Waals surface area (Å²) in [5.41, 5.74) is 5.07. The van der Waals surface area contributed by atoms with Crippen molar-refractivity contribution in [3.8, 4) is 11.4 Å². The van der Waals surface area contributed by atoms with Gasteiger partial charge in [-0.15, -0.1) is 0 Å². The Morgan fingerprint density at radius 1 is 0.895 bits per heavy atom. The summed E-state index contributed by atoms with van der Waals surface area (Å²) in [4.78, 5) is 9.21. The monoisotopic (exact) mass is 248 g/mol. The van der Waals surface area contributed by atoms with Crippen LogP contribution in [0.1, 0.15) is 5.69 Å². The quantitative estimate of drug-likeness (QED) is 0.542. The zero-order valence-electron chi connectivity index (χ0n) is 10.4. The van der Waals surface area contributed by atoms with E-state index in [1.54, 1.807) is 0 Å². The summed E-state index contributed by atoms with van der Waals surface area (Å²) in [6.07, 6.45) is 0. The maximum Gasteiger partial charge on any atom is 0.160 e. The van der Waals surface area contributed by atoms with Crippen LogP contribution in [0.2, 0.25) is 0 Å². The second-order valence-electron chi connectivity index (χ2n) is 4.67. The topological polar surface area (TPSA) is 57.4 Å². The molecule has 0 aliphatic carbocycles. The number of benzene rings is 2. The highest BCUT2D eigenvalue weighted by atomic mass is 15.1. The van der Waals surface area contributed by atoms with Crippen molar-refractivity contribution in [3.63, 3.8) is 0 Å². The van der Waals surface area contributed by atoms with E-state index in [0.29, 0.717) is 0 Å². The molecule has 4 rings (SSSR count). The largest absolute Gasteiger partial charge is 0.305 e. The van der Waals surface area contributed by atoms with Crippen LogP contribution in [0.3, 0.4) is 0 Å². The molecule has 0 atom stereocenters. The van der Waals surface area contributed by atoms with Gasteiger partial charge in [-0.25, -0.2) is 9.97 Å². The van der Waals surface area contributed by atoms with Gasteiger partial charge in [0, 0.05) is 16.6 Å². The first kappa shape index (κ1) is 10.3. The molecule has 0 amide bonds. The zero-order chi connectivity index (χ0) is 12.8. The van der Waals surface area contributed by atoms with E-state index in [0.717, 1.165) is 39.0 Å². The minimum absolute atomic E-state index is 0.782. The highest BCUT2D eigenvalue weighted by Gasteiger charge is 2.09. The van der Waals surface area contributed by atoms with Gasteiger partial charge in [0.15, 0.2) is 5.82 Å². The van der Waals surface area contributed by atoms with E-state index in [4.69, 9.17) is 0 Å². The van der Waals surface area contributed by atoms with Gasteiger partial charge in [-0.3, -0.25) is 0 Å². The Balaban J connectivity index is 1.98. The van der Waals surface area contributed by atoms with E-state index in [1.807, 2.05) is 43.3 Å². The third-order valence-corrected chi connectivity index (χ3v) is 3.39. The number of nitrogens with one attached hydrogen (secondary N) is 2. The molecule has 0 spiro atoms. The molecule has 2 heterocycles. The van der Waals surface area contributed by atoms with Crippen LogP contribution in [0.25, 0.3) is 33.3 Å². The molecule has 0 bridgehead atoms. The number of aromatic nitrogens is 4. The van der Waals surface area contributed by atoms with Gasteiger partial charge in [0.2, 0.25) is 0 Å². The summed E-state index contributed by atoms with van der Waals surface area (Å²) in [5, 5.41) is 7.40. The van der Waals surface area contributed by atoms with E-state index < -0.39 is 0 Å². The number of fused-ring (bicyclic) bond motifs is 2. The van der Waals surface area contributed by atoms with Crippen molar-refractivity contribution in [1.29, 1.82) is 0 Å². The van der Waals surface area contributed by atoms with Gasteiger partial charge in [-0.1, -0.05) is 30.3 Å². The van der Waals surface area contributed by atoms with Crippen molar-refractivity contribution in [2.24, 2.45) is 0 Å². The normalized spacial score (nSPS) is 11.4. The van der Waals surface area contributed by atoms with Gasteiger partial charge in [-0.2, -0.15) is 0 Å². The second-order valence-corrected chi connectivity index (χ2v) is 4.67. The molecule has 19 heavy (non-hydrogen) atoms. The molecular formula is C15H12N4. The van der Waals surface area contributed by atoms with Crippen LogP contribution >= 0.6 is 0 Å². The van der Waals surface area contributed by atoms with E-state index >= 15 is 0 Å². The lowest BCUT2D eigenvalue weighted by atomic mass is 10.2. The summed E-state index contributed by atoms with van der Waals surface area (Å²) < 4.78 is 0. The van der Waals surface area contributed by atoms with Gasteiger partial charge in [-0.05, 0) is 19.1 Å². The summed E-state index contributed by atoms with van der Waals surface area (Å²) >= 11 is 0. The Labute approximate surface area is 109 Å². The Morgan fingerprint density at radius 3 is 2.42 bits per heavy atom. The molecule has 92 valence electrons. The molecule has 0 radical (unpaired) electrons. The van der Waals surface area contributed by atoms with Crippen molar-refractivity contribution >= 4 is 21.9 Å². The Hall–Kier alpha value is -2.62. The van der Waals surface area contributed by atoms with Crippen LogP contribution < -0.4 is 0 Å². The number of H-pyrrole nitrogens is 2. The van der Waals surface area contributed by atoms with Crippen LogP contribution in [0.4, 0.5) is 0 Å². The first-order chi connectivity index (χ1) is 9.31. The molecule has 2 N–H and O–H groups in total. The summed E-state index contributed by atoms with van der Waals surface area (Å²) in [5.74, 6) is 0.782. The number of aryl methyl sites for hydroxylation is 1. The van der Waals surface area contributed by atoms with Crippen LogP contribution in [-0.2, 0) is 0 Å². The number of hydrogen-bond donors (Lipinski definition) is 2. The third-order valence-electron chi connectivity index (χ3n) is 3.39. The predicted molar refractivity (Wildman–Crippen MR) is 75.9 cm³/mol. The standard InChI is InChI=1S/C15H12N4/c1-9-11-7-13-14(8-12(11)19-18-9)17-15(16-13)10-5-3-2-4-6-10/h2-8,18-19H,1H3. The average Bonchev–Trinajstić information content (AvgIpc) is 3.02. The number of rotatable bonds is 1. The molecule has 0 aliphatic rings. The lowest BCUT2D eigenvalue weighted by Gasteiger charge is -1.91. The zero-order valence-corrected chi connectivity index (χ0v) is 10.4. The van der Waals surface area contributed by atoms with E-state index in [2.05, 4.69) is 26.2 Å². The number of aromatic amines is 2. The van der Waals surface area contributed by atoms with Gasteiger partial charge in [0.05, 0.1) is 16.6 Å². The fraction of sp³-hybridized carbons (Fsp3) is 0.0667. The minimum atomic E-state index is 0.782. The fourth-order valence-electron chi connectivity index (χ4n) is 2.37. The summed E-state index contributed by atoms with van der Waals surface area (Å²) in [6, 6.07) is 14.2. The Bertz CT molecular complexity index is 871. The molecule has 0 fully saturated rings. The molecule has 2 aromatic carbocycles. The lowest BCUT2D eigenvalue weighted by Crippen LogP contribution is -1.77. The predicted octanol–water partition coefficient (Wildman–Crippen LogP) is 3.41. The molecule has 4 nitrogen and oxygen atoms in total. The van der Waals surface area contributed by atoms with Crippen molar-refractivity contribution in [2.45, 2.75) is 6.92 Å². The van der Waals surface area contributed by atoms with Crippen molar-refractivity contribution in [2.75, 3.05) is 0 Å². The third kappa shape index (κ3) is 1.53. The lowest BCUT2D eigenvalue weighted by molar-refractivity contribution is 1.07. The highest BCUT2D eigenvalue weighted by molar-refractivity contribution is 5.95. The number of imidazole rings is 1. The molecular weight excluding hydrogens is 236 g/mol. The van der Waals surface area contributed by atoms with E-state index in [-0.39, 0.29) is 0 Å². The van der Waals surface area contributed by atoms with Crippen LogP contribution in [0.15, 0.2) is 42.5 Å². The molecule has 2 aromatic heterocycles. The second kappa shape index (κ2) is 3.68. The van der Waals surface area contributed by atoms with Gasteiger partial charge in [0.1, 0.15) is 0 Å². The first-order valence-corrected chi connectivity index (χ1v) is 6.21. The maximum absolute atomic E-state index is 4.61. The average molecular weight is 248 g/mol. The van der Waals surface area contributed by atoms with Crippen molar-refractivity contribution < 1.29 is 0 Å². The first-order valence-electron chi connectivity index (χ1n) is 6.21. The fourth-order valence-corrected chi connectivity index (χ4v) is 2.37. The summed E-state index contributed by atoms with van der Waals surface area (Å²) in [7, 11) is 0. The molecule has 4 heteroatoms. The maximum atomic E-state index is 4.61. The van der Waals surface area contributed by atoms with Crippen LogP contribution in [0, 0.1) is 6.92 Å². The Kier molecular flexibility index (Phi) is 2.00. The van der Waals surface area contributed by atoms with Gasteiger partial charge >= 0.3 is 0 Å². The van der Waals surface area contributed by atoms with E-state index in [1.165, 1.54) is 0 Å². The SMILES string of the molecule is Cc1[nH][nH]c2cc3nc(-c4ccccc4)nc3cc12. The van der Waals surface area contributed by atoms with Crippen LogP contribution in [-0.4, -0.2) is 20.2 Å². The highest BCUT2D eigenvalue weighted by Crippen LogP contribution is 2.25. The molecule has 0 unspecified atom stereocenters. The van der Waals surface area contributed by atoms with E-state index in [9.17, 15) is 0 Å². The number of nitrogens with zero attached hydrogens (tertiary/aromatic N) is 2. The molecule has 4 aromatic rings. The molecule has 0 aliphatic heterocycles. The van der Waals surface area contributed by atoms with Crippen molar-refractivity contribution in [1.82, 2.24) is 20.2 Å². The summed E-state index contributed by atoms with van der Waals surface area (Å²) in [6.45, 7) is 2.04. The smallest absolute Gasteiger partial charge is 0.160 e. The van der Waals surface area contributed by atoms with Crippen LogP contribution in [0.5, 0.6) is 0 Å². The van der Waals surface area contributed by atoms with Crippen molar-refractivity contribution in [3.05, 3.63) is 48.2 Å². The number of hydrogen-bond acceptors (Lipinski definition) is 2. The molecule has 0 saturated carbocycles. The minimum Gasteiger partial charge on any atom is -0.305 e. The van der Waals surface area contributed by atoms with Gasteiger partial charge in [0.25, 0.3) is 0 Å². The molecule has 0 saturated heterocycles. The van der Waals surface area contributed by atoms with Gasteiger partial charge < -0.3 is 10.2 Å². The Morgan fingerprint density at radius 2 is 1.63 bits per heavy atom.